The van der Waals surface area contributed by atoms with Crippen molar-refractivity contribution in [1.82, 2.24) is 19.5 Å². The van der Waals surface area contributed by atoms with E-state index in [0.717, 1.165) is 21.3 Å². The Morgan fingerprint density at radius 1 is 1.02 bits per heavy atom. The summed E-state index contributed by atoms with van der Waals surface area (Å²) in [4.78, 5) is 37.9. The van der Waals surface area contributed by atoms with Crippen LogP contribution in [0, 0.1) is 6.92 Å². The first-order valence-electron chi connectivity index (χ1n) is 12.4. The van der Waals surface area contributed by atoms with Crippen molar-refractivity contribution in [3.8, 4) is 11.1 Å². The Balaban J connectivity index is 1.50. The largest absolute Gasteiger partial charge is 0.477 e. The summed E-state index contributed by atoms with van der Waals surface area (Å²) in [6, 6.07) is 19.0. The maximum Gasteiger partial charge on any atom is 0.354 e. The predicted molar refractivity (Wildman–Crippen MR) is 151 cm³/mol. The van der Waals surface area contributed by atoms with Crippen molar-refractivity contribution >= 4 is 40.0 Å². The first-order valence-corrected chi connectivity index (χ1v) is 13.5. The number of hydrogen-bond donors (Lipinski definition) is 2. The Morgan fingerprint density at radius 2 is 1.75 bits per heavy atom. The smallest absolute Gasteiger partial charge is 0.354 e. The summed E-state index contributed by atoms with van der Waals surface area (Å²) in [5, 5.41) is 9.49. The van der Waals surface area contributed by atoms with Crippen molar-refractivity contribution in [2.45, 2.75) is 26.8 Å². The van der Waals surface area contributed by atoms with Gasteiger partial charge in [0.25, 0.3) is 17.2 Å². The minimum atomic E-state index is -2.64. The fourth-order valence-electron chi connectivity index (χ4n) is 4.56. The zero-order chi connectivity index (χ0) is 28.4. The van der Waals surface area contributed by atoms with Crippen LogP contribution in [0.1, 0.15) is 44.7 Å². The molecule has 202 valence electrons. The first-order chi connectivity index (χ1) is 19.3. The molecule has 1 amide bonds. The summed E-state index contributed by atoms with van der Waals surface area (Å²) in [7, 11) is 0. The molecule has 3 aromatic heterocycles. The lowest BCUT2D eigenvalue weighted by atomic mass is 10.0. The molecule has 5 aromatic rings. The number of rotatable bonds is 8. The molecule has 0 radical (unpaired) electrons. The van der Waals surface area contributed by atoms with Crippen LogP contribution in [0.15, 0.2) is 79.1 Å². The van der Waals surface area contributed by atoms with Crippen LogP contribution in [0.5, 0.6) is 0 Å². The third-order valence-corrected chi connectivity index (χ3v) is 7.17. The van der Waals surface area contributed by atoms with Gasteiger partial charge in [0, 0.05) is 23.7 Å². The van der Waals surface area contributed by atoms with Crippen LogP contribution in [-0.4, -0.2) is 45.3 Å². The summed E-state index contributed by atoms with van der Waals surface area (Å²) in [6.07, 6.45) is 3.58. The number of aryl methyl sites for hydroxylation is 2. The van der Waals surface area contributed by atoms with Crippen molar-refractivity contribution in [3.63, 3.8) is 0 Å². The highest BCUT2D eigenvalue weighted by atomic mass is 32.2. The van der Waals surface area contributed by atoms with Crippen molar-refractivity contribution in [2.75, 3.05) is 4.31 Å². The number of benzene rings is 2. The van der Waals surface area contributed by atoms with Crippen LogP contribution in [0.2, 0.25) is 0 Å². The molecule has 10 nitrogen and oxygen atoms in total. The standard InChI is InChI=1S/C29H25N5O5S/c1-3-25-32-26-18(2)15-23(29(36)37)31-27(26)33(25)17-19-9-11-20(12-10-19)22-13-14-30-16-24(22)34(40(38)39)28(35)21-7-5-4-6-8-21/h4-16H,3,17H2,1-2H3,(H,36,37)(H,38,39). The quantitative estimate of drug-likeness (QED) is 0.258. The molecule has 0 spiro atoms. The van der Waals surface area contributed by atoms with E-state index in [1.165, 1.54) is 12.3 Å². The Bertz CT molecular complexity index is 1750. The average molecular weight is 556 g/mol. The van der Waals surface area contributed by atoms with Gasteiger partial charge in [-0.3, -0.25) is 14.3 Å². The second-order valence-corrected chi connectivity index (χ2v) is 9.88. The van der Waals surface area contributed by atoms with Crippen LogP contribution in [-0.2, 0) is 24.2 Å². The Hall–Kier alpha value is -4.74. The van der Waals surface area contributed by atoms with E-state index in [2.05, 4.69) is 9.97 Å². The van der Waals surface area contributed by atoms with Gasteiger partial charge in [0.05, 0.1) is 18.4 Å². The minimum absolute atomic E-state index is 0.0368. The molecule has 0 fully saturated rings. The number of nitrogens with zero attached hydrogens (tertiary/aromatic N) is 5. The van der Waals surface area contributed by atoms with Gasteiger partial charge in [-0.25, -0.2) is 19.0 Å². The van der Waals surface area contributed by atoms with E-state index in [4.69, 9.17) is 4.98 Å². The second kappa shape index (κ2) is 11.2. The number of hydrogen-bond acceptors (Lipinski definition) is 6. The van der Waals surface area contributed by atoms with Crippen LogP contribution >= 0.6 is 0 Å². The van der Waals surface area contributed by atoms with Gasteiger partial charge in [-0.15, -0.1) is 0 Å². The lowest BCUT2D eigenvalue weighted by Crippen LogP contribution is -2.33. The molecule has 0 aliphatic carbocycles. The number of fused-ring (bicyclic) bond motifs is 1. The molecule has 1 atom stereocenters. The van der Waals surface area contributed by atoms with Crippen LogP contribution in [0.25, 0.3) is 22.3 Å². The van der Waals surface area contributed by atoms with Gasteiger partial charge in [0.1, 0.15) is 11.3 Å². The topological polar surface area (TPSA) is 139 Å². The third-order valence-electron chi connectivity index (χ3n) is 6.49. The van der Waals surface area contributed by atoms with Crippen molar-refractivity contribution in [3.05, 3.63) is 107 Å². The maximum atomic E-state index is 13.2. The molecule has 0 saturated carbocycles. The van der Waals surface area contributed by atoms with E-state index in [1.54, 1.807) is 42.6 Å². The van der Waals surface area contributed by atoms with E-state index in [1.807, 2.05) is 42.7 Å². The molecule has 1 unspecified atom stereocenters. The van der Waals surface area contributed by atoms with Gasteiger partial charge in [0.15, 0.2) is 11.3 Å². The van der Waals surface area contributed by atoms with Crippen LogP contribution in [0.3, 0.4) is 0 Å². The van der Waals surface area contributed by atoms with Gasteiger partial charge >= 0.3 is 5.97 Å². The number of carboxylic acid groups (broad SMARTS) is 1. The summed E-state index contributed by atoms with van der Waals surface area (Å²) >= 11 is -2.64. The van der Waals surface area contributed by atoms with E-state index in [-0.39, 0.29) is 16.9 Å². The summed E-state index contributed by atoms with van der Waals surface area (Å²) in [6.45, 7) is 4.21. The number of pyridine rings is 2. The number of carboxylic acids is 1. The normalized spacial score (nSPS) is 11.9. The van der Waals surface area contributed by atoms with E-state index >= 15 is 0 Å². The van der Waals surface area contributed by atoms with Crippen molar-refractivity contribution in [1.29, 1.82) is 0 Å². The Labute approximate surface area is 232 Å². The summed E-state index contributed by atoms with van der Waals surface area (Å²) in [5.41, 5.74) is 4.53. The number of amides is 1. The van der Waals surface area contributed by atoms with Gasteiger partial charge in [-0.2, -0.15) is 4.31 Å². The zero-order valence-corrected chi connectivity index (χ0v) is 22.5. The number of anilines is 1. The molecule has 0 aliphatic heterocycles. The summed E-state index contributed by atoms with van der Waals surface area (Å²) < 4.78 is 25.1. The molecule has 2 aromatic carbocycles. The SMILES string of the molecule is CCc1nc2c(C)cc(C(=O)O)nc2n1Cc1ccc(-c2ccncc2N(C(=O)c2ccccc2)S(=O)O)cc1. The molecule has 2 N–H and O–H groups in total. The number of carbonyl (C=O) groups is 2. The molecule has 5 rings (SSSR count). The highest BCUT2D eigenvalue weighted by Gasteiger charge is 2.26. The van der Waals surface area contributed by atoms with Gasteiger partial charge < -0.3 is 9.67 Å². The van der Waals surface area contributed by atoms with Gasteiger partial charge in [-0.05, 0) is 47.9 Å². The molecular formula is C29H25N5O5S. The second-order valence-electron chi connectivity index (χ2n) is 9.06. The zero-order valence-electron chi connectivity index (χ0n) is 21.7. The monoisotopic (exact) mass is 555 g/mol. The lowest BCUT2D eigenvalue weighted by Gasteiger charge is -2.21. The summed E-state index contributed by atoms with van der Waals surface area (Å²) in [5.74, 6) is -0.944. The highest BCUT2D eigenvalue weighted by molar-refractivity contribution is 7.81. The molecule has 0 aliphatic rings. The number of carbonyl (C=O) groups excluding carboxylic acids is 1. The Morgan fingerprint density at radius 3 is 2.40 bits per heavy atom. The van der Waals surface area contributed by atoms with Gasteiger partial charge in [0.2, 0.25) is 0 Å². The van der Waals surface area contributed by atoms with E-state index < -0.39 is 23.1 Å². The van der Waals surface area contributed by atoms with E-state index in [0.29, 0.717) is 35.3 Å². The fraction of sp³-hybridized carbons (Fsp3) is 0.138. The number of imidazole rings is 1. The lowest BCUT2D eigenvalue weighted by molar-refractivity contribution is 0.0690. The Kier molecular flexibility index (Phi) is 7.50. The average Bonchev–Trinajstić information content (AvgIpc) is 3.32. The third kappa shape index (κ3) is 5.12. The molecule has 3 heterocycles. The minimum Gasteiger partial charge on any atom is -0.477 e. The first kappa shape index (κ1) is 26.9. The highest BCUT2D eigenvalue weighted by Crippen LogP contribution is 2.32. The van der Waals surface area contributed by atoms with E-state index in [9.17, 15) is 23.5 Å². The maximum absolute atomic E-state index is 13.2. The number of aromatic carboxylic acids is 1. The predicted octanol–water partition coefficient (Wildman–Crippen LogP) is 4.89. The fourth-order valence-corrected chi connectivity index (χ4v) is 5.12. The van der Waals surface area contributed by atoms with Crippen LogP contribution in [0.4, 0.5) is 5.69 Å². The van der Waals surface area contributed by atoms with Crippen molar-refractivity contribution < 1.29 is 23.5 Å². The molecule has 0 bridgehead atoms. The van der Waals surface area contributed by atoms with Gasteiger partial charge in [-0.1, -0.05) is 49.4 Å². The molecule has 0 saturated heterocycles. The van der Waals surface area contributed by atoms with Crippen LogP contribution < -0.4 is 4.31 Å². The molecular weight excluding hydrogens is 530 g/mol. The molecule has 40 heavy (non-hydrogen) atoms. The number of aromatic nitrogens is 4. The molecule has 11 heteroatoms. The van der Waals surface area contributed by atoms with Crippen molar-refractivity contribution in [2.24, 2.45) is 0 Å².